The summed E-state index contributed by atoms with van der Waals surface area (Å²) in [6.45, 7) is 6.70. The van der Waals surface area contributed by atoms with Crippen LogP contribution in [-0.4, -0.2) is 32.6 Å². The molecule has 1 aromatic carbocycles. The summed E-state index contributed by atoms with van der Waals surface area (Å²) in [4.78, 5) is 14.0. The van der Waals surface area contributed by atoms with Gasteiger partial charge in [0.15, 0.2) is 0 Å². The fourth-order valence-corrected chi connectivity index (χ4v) is 2.89. The van der Waals surface area contributed by atoms with Gasteiger partial charge in [-0.15, -0.1) is 0 Å². The van der Waals surface area contributed by atoms with Gasteiger partial charge in [-0.1, -0.05) is 12.1 Å². The van der Waals surface area contributed by atoms with Gasteiger partial charge in [0.25, 0.3) is 0 Å². The first kappa shape index (κ1) is 15.8. The third-order valence-corrected chi connectivity index (χ3v) is 4.23. The average molecular weight is 289 g/mol. The van der Waals surface area contributed by atoms with E-state index in [0.717, 1.165) is 19.5 Å². The second kappa shape index (κ2) is 7.46. The minimum Gasteiger partial charge on any atom is -0.371 e. The Morgan fingerprint density at radius 3 is 2.95 bits per heavy atom. The van der Waals surface area contributed by atoms with Gasteiger partial charge < -0.3 is 15.5 Å². The molecule has 4 heteroatoms. The van der Waals surface area contributed by atoms with Crippen LogP contribution in [0.3, 0.4) is 0 Å². The molecule has 116 valence electrons. The summed E-state index contributed by atoms with van der Waals surface area (Å²) in [6.07, 6.45) is 2.87. The van der Waals surface area contributed by atoms with Crippen molar-refractivity contribution in [2.24, 2.45) is 0 Å². The smallest absolute Gasteiger partial charge is 0.221 e. The highest BCUT2D eigenvalue weighted by molar-refractivity contribution is 5.76. The van der Waals surface area contributed by atoms with Gasteiger partial charge >= 0.3 is 0 Å². The molecule has 0 fully saturated rings. The van der Waals surface area contributed by atoms with Crippen molar-refractivity contribution < 1.29 is 4.79 Å². The van der Waals surface area contributed by atoms with Crippen LogP contribution < -0.4 is 15.5 Å². The lowest BCUT2D eigenvalue weighted by atomic mass is 9.96. The second-order valence-corrected chi connectivity index (χ2v) is 5.69. The number of nitrogens with zero attached hydrogens (tertiary/aromatic N) is 1. The number of hydrogen-bond acceptors (Lipinski definition) is 3. The molecule has 4 nitrogen and oxygen atoms in total. The minimum atomic E-state index is 0.144. The quantitative estimate of drug-likeness (QED) is 0.844. The van der Waals surface area contributed by atoms with E-state index in [4.69, 9.17) is 0 Å². The van der Waals surface area contributed by atoms with Crippen LogP contribution in [-0.2, 0) is 11.2 Å². The van der Waals surface area contributed by atoms with Crippen molar-refractivity contribution in [2.45, 2.75) is 39.2 Å². The number of nitrogens with one attached hydrogen (secondary N) is 2. The molecule has 21 heavy (non-hydrogen) atoms. The van der Waals surface area contributed by atoms with Gasteiger partial charge in [0.05, 0.1) is 0 Å². The Balaban J connectivity index is 2.07. The summed E-state index contributed by atoms with van der Waals surface area (Å²) in [6, 6.07) is 7.11. The molecule has 2 N–H and O–H groups in total. The lowest BCUT2D eigenvalue weighted by molar-refractivity contribution is -0.120. The zero-order valence-corrected chi connectivity index (χ0v) is 13.4. The Labute approximate surface area is 127 Å². The van der Waals surface area contributed by atoms with Crippen molar-refractivity contribution in [1.82, 2.24) is 10.6 Å². The first-order chi connectivity index (χ1) is 10.2. The van der Waals surface area contributed by atoms with Gasteiger partial charge in [-0.05, 0) is 50.9 Å². The minimum absolute atomic E-state index is 0.144. The Morgan fingerprint density at radius 1 is 1.43 bits per heavy atom. The summed E-state index contributed by atoms with van der Waals surface area (Å²) < 4.78 is 0. The summed E-state index contributed by atoms with van der Waals surface area (Å²) in [5, 5.41) is 6.15. The van der Waals surface area contributed by atoms with Crippen molar-refractivity contribution in [3.8, 4) is 0 Å². The van der Waals surface area contributed by atoms with Gasteiger partial charge in [0.2, 0.25) is 5.91 Å². The van der Waals surface area contributed by atoms with Gasteiger partial charge in [-0.25, -0.2) is 0 Å². The number of benzene rings is 1. The number of carbonyl (C=O) groups is 1. The summed E-state index contributed by atoms with van der Waals surface area (Å²) in [5.41, 5.74) is 4.05. The van der Waals surface area contributed by atoms with Crippen LogP contribution in [0.5, 0.6) is 0 Å². The Kier molecular flexibility index (Phi) is 5.62. The number of amides is 1. The number of aryl methyl sites for hydroxylation is 1. The predicted octanol–water partition coefficient (Wildman–Crippen LogP) is 2.25. The van der Waals surface area contributed by atoms with Gasteiger partial charge in [0, 0.05) is 37.8 Å². The van der Waals surface area contributed by atoms with Crippen LogP contribution >= 0.6 is 0 Å². The molecule has 0 bridgehead atoms. The molecular weight excluding hydrogens is 262 g/mol. The zero-order chi connectivity index (χ0) is 15.2. The monoisotopic (exact) mass is 289 g/mol. The standard InChI is InChI=1S/C17H27N3O/c1-4-19-17(21)9-11-20-10-5-6-15-12-14(13(2)18-3)7-8-16(15)20/h7-8,12-13,18H,4-6,9-11H2,1-3H3,(H,19,21). The highest BCUT2D eigenvalue weighted by Gasteiger charge is 2.18. The normalized spacial score (nSPS) is 15.5. The predicted molar refractivity (Wildman–Crippen MR) is 87.8 cm³/mol. The van der Waals surface area contributed by atoms with E-state index in [1.807, 2.05) is 14.0 Å². The Hall–Kier alpha value is -1.55. The number of hydrogen-bond donors (Lipinski definition) is 2. The Morgan fingerprint density at radius 2 is 2.24 bits per heavy atom. The highest BCUT2D eigenvalue weighted by atomic mass is 16.1. The molecule has 1 heterocycles. The SMILES string of the molecule is CCNC(=O)CCN1CCCc2cc(C(C)NC)ccc21. The largest absolute Gasteiger partial charge is 0.371 e. The van der Waals surface area contributed by atoms with Crippen molar-refractivity contribution in [3.05, 3.63) is 29.3 Å². The fraction of sp³-hybridized carbons (Fsp3) is 0.588. The molecule has 1 aliphatic heterocycles. The molecule has 1 unspecified atom stereocenters. The molecule has 0 saturated heterocycles. The van der Waals surface area contributed by atoms with Crippen LogP contribution in [0.1, 0.15) is 43.9 Å². The molecule has 1 aliphatic rings. The third-order valence-electron chi connectivity index (χ3n) is 4.23. The topological polar surface area (TPSA) is 44.4 Å². The maximum atomic E-state index is 11.6. The number of anilines is 1. The fourth-order valence-electron chi connectivity index (χ4n) is 2.89. The van der Waals surface area contributed by atoms with E-state index in [1.165, 1.54) is 23.2 Å². The van der Waals surface area contributed by atoms with Gasteiger partial charge in [-0.2, -0.15) is 0 Å². The number of carbonyl (C=O) groups excluding carboxylic acids is 1. The molecular formula is C17H27N3O. The van der Waals surface area contributed by atoms with E-state index in [0.29, 0.717) is 19.0 Å². The van der Waals surface area contributed by atoms with E-state index >= 15 is 0 Å². The molecule has 1 atom stereocenters. The zero-order valence-electron chi connectivity index (χ0n) is 13.4. The average Bonchev–Trinajstić information content (AvgIpc) is 2.51. The maximum Gasteiger partial charge on any atom is 0.221 e. The molecule has 0 aliphatic carbocycles. The van der Waals surface area contributed by atoms with E-state index in [9.17, 15) is 4.79 Å². The van der Waals surface area contributed by atoms with Crippen LogP contribution in [0, 0.1) is 0 Å². The highest BCUT2D eigenvalue weighted by Crippen LogP contribution is 2.29. The Bertz CT molecular complexity index is 487. The second-order valence-electron chi connectivity index (χ2n) is 5.69. The molecule has 1 amide bonds. The van der Waals surface area contributed by atoms with Crippen LogP contribution in [0.4, 0.5) is 5.69 Å². The van der Waals surface area contributed by atoms with Crippen LogP contribution in [0.2, 0.25) is 0 Å². The van der Waals surface area contributed by atoms with Crippen LogP contribution in [0.25, 0.3) is 0 Å². The number of rotatable bonds is 6. The van der Waals surface area contributed by atoms with Crippen LogP contribution in [0.15, 0.2) is 18.2 Å². The summed E-state index contributed by atoms with van der Waals surface area (Å²) in [7, 11) is 1.99. The van der Waals surface area contributed by atoms with Crippen molar-refractivity contribution in [1.29, 1.82) is 0 Å². The van der Waals surface area contributed by atoms with Crippen molar-refractivity contribution >= 4 is 11.6 Å². The van der Waals surface area contributed by atoms with E-state index in [1.54, 1.807) is 0 Å². The number of fused-ring (bicyclic) bond motifs is 1. The molecule has 0 saturated carbocycles. The molecule has 0 radical (unpaired) electrons. The summed E-state index contributed by atoms with van der Waals surface area (Å²) in [5.74, 6) is 0.144. The lowest BCUT2D eigenvalue weighted by Crippen LogP contribution is -2.34. The molecule has 0 aromatic heterocycles. The summed E-state index contributed by atoms with van der Waals surface area (Å²) >= 11 is 0. The van der Waals surface area contributed by atoms with E-state index in [-0.39, 0.29) is 5.91 Å². The van der Waals surface area contributed by atoms with Gasteiger partial charge in [-0.3, -0.25) is 4.79 Å². The lowest BCUT2D eigenvalue weighted by Gasteiger charge is -2.32. The van der Waals surface area contributed by atoms with Gasteiger partial charge in [0.1, 0.15) is 0 Å². The molecule has 0 spiro atoms. The maximum absolute atomic E-state index is 11.6. The van der Waals surface area contributed by atoms with E-state index < -0.39 is 0 Å². The first-order valence-corrected chi connectivity index (χ1v) is 7.97. The third kappa shape index (κ3) is 3.97. The van der Waals surface area contributed by atoms with Crippen molar-refractivity contribution in [2.75, 3.05) is 31.6 Å². The molecule has 1 aromatic rings. The molecule has 2 rings (SSSR count). The first-order valence-electron chi connectivity index (χ1n) is 7.97. The van der Waals surface area contributed by atoms with E-state index in [2.05, 4.69) is 40.7 Å². The van der Waals surface area contributed by atoms with Crippen molar-refractivity contribution in [3.63, 3.8) is 0 Å².